The Labute approximate surface area is 191 Å². The zero-order valence-electron chi connectivity index (χ0n) is 19.8. The molecule has 1 N–H and O–H groups in total. The lowest BCUT2D eigenvalue weighted by Crippen LogP contribution is -2.35. The summed E-state index contributed by atoms with van der Waals surface area (Å²) in [4.78, 5) is 2.28. The molecule has 1 heterocycles. The molecule has 0 aliphatic heterocycles. The van der Waals surface area contributed by atoms with E-state index in [-0.39, 0.29) is 5.92 Å². The number of para-hydroxylation sites is 2. The third kappa shape index (κ3) is 5.69. The van der Waals surface area contributed by atoms with Crippen LogP contribution in [0.4, 0.5) is 0 Å². The van der Waals surface area contributed by atoms with Crippen molar-refractivity contribution in [2.24, 2.45) is 13.0 Å². The van der Waals surface area contributed by atoms with Gasteiger partial charge in [-0.2, -0.15) is 5.10 Å². The van der Waals surface area contributed by atoms with E-state index in [0.717, 1.165) is 29.8 Å². The zero-order valence-corrected chi connectivity index (χ0v) is 19.8. The van der Waals surface area contributed by atoms with E-state index in [1.807, 2.05) is 63.4 Å². The molecule has 0 bridgehead atoms. The van der Waals surface area contributed by atoms with Crippen molar-refractivity contribution in [3.05, 3.63) is 60.2 Å². The quantitative estimate of drug-likeness (QED) is 0.451. The third-order valence-electron chi connectivity index (χ3n) is 5.55. The molecule has 1 unspecified atom stereocenters. The topological polar surface area (TPSA) is 59.8 Å². The molecule has 172 valence electrons. The van der Waals surface area contributed by atoms with Gasteiger partial charge in [-0.15, -0.1) is 0 Å². The molecule has 0 amide bonds. The molecule has 0 saturated carbocycles. The molecule has 6 nitrogen and oxygen atoms in total. The molecule has 32 heavy (non-hydrogen) atoms. The summed E-state index contributed by atoms with van der Waals surface area (Å²) in [5.74, 6) is 2.18. The number of aliphatic hydroxyl groups excluding tert-OH is 1. The number of aromatic nitrogens is 2. The summed E-state index contributed by atoms with van der Waals surface area (Å²) < 4.78 is 13.7. The largest absolute Gasteiger partial charge is 0.493 e. The van der Waals surface area contributed by atoms with Crippen LogP contribution >= 0.6 is 0 Å². The van der Waals surface area contributed by atoms with Crippen molar-refractivity contribution >= 4 is 0 Å². The molecule has 0 fully saturated rings. The van der Waals surface area contributed by atoms with E-state index in [0.29, 0.717) is 30.5 Å². The number of aryl methyl sites for hydroxylation is 1. The first-order valence-electron chi connectivity index (χ1n) is 11.3. The van der Waals surface area contributed by atoms with Crippen molar-refractivity contribution in [2.45, 2.75) is 39.8 Å². The number of hydrogen-bond acceptors (Lipinski definition) is 5. The molecule has 1 atom stereocenters. The number of benzene rings is 2. The van der Waals surface area contributed by atoms with Gasteiger partial charge in [0.05, 0.1) is 18.8 Å². The standard InChI is InChI=1S/C26H35N3O3/c1-6-16-29(18-22(30)19(2)3)17-21-25(20-12-8-7-9-13-20)27-28(4)26(21)32-24-15-11-10-14-23(24)31-5/h7-15,19,22,30H,6,16-18H2,1-5H3. The average Bonchev–Trinajstić information content (AvgIpc) is 3.10. The Bertz CT molecular complexity index is 985. The van der Waals surface area contributed by atoms with Gasteiger partial charge in [-0.3, -0.25) is 4.90 Å². The Kier molecular flexibility index (Phi) is 8.31. The van der Waals surface area contributed by atoms with Gasteiger partial charge in [0.25, 0.3) is 0 Å². The van der Waals surface area contributed by atoms with Gasteiger partial charge < -0.3 is 14.6 Å². The SMILES string of the molecule is CCCN(Cc1c(-c2ccccc2)nn(C)c1Oc1ccccc1OC)CC(O)C(C)C. The number of rotatable bonds is 11. The maximum absolute atomic E-state index is 10.6. The first-order valence-corrected chi connectivity index (χ1v) is 11.3. The third-order valence-corrected chi connectivity index (χ3v) is 5.55. The molecule has 1 aromatic heterocycles. The van der Waals surface area contributed by atoms with Crippen molar-refractivity contribution in [3.8, 4) is 28.6 Å². The predicted molar refractivity (Wildman–Crippen MR) is 128 cm³/mol. The lowest BCUT2D eigenvalue weighted by Gasteiger charge is -2.26. The second-order valence-corrected chi connectivity index (χ2v) is 8.42. The average molecular weight is 438 g/mol. The summed E-state index contributed by atoms with van der Waals surface area (Å²) in [5.41, 5.74) is 2.92. The van der Waals surface area contributed by atoms with E-state index in [9.17, 15) is 5.11 Å². The summed E-state index contributed by atoms with van der Waals surface area (Å²) in [6.07, 6.45) is 0.603. The van der Waals surface area contributed by atoms with Crippen LogP contribution in [0.5, 0.6) is 17.4 Å². The molecule has 3 aromatic rings. The number of ether oxygens (including phenoxy) is 2. The summed E-state index contributed by atoms with van der Waals surface area (Å²) >= 11 is 0. The monoisotopic (exact) mass is 437 g/mol. The van der Waals surface area contributed by atoms with E-state index >= 15 is 0 Å². The molecule has 0 aliphatic rings. The van der Waals surface area contributed by atoms with Gasteiger partial charge >= 0.3 is 0 Å². The molecule has 0 spiro atoms. The highest BCUT2D eigenvalue weighted by atomic mass is 16.5. The molecule has 0 radical (unpaired) electrons. The number of methoxy groups -OCH3 is 1. The van der Waals surface area contributed by atoms with Crippen molar-refractivity contribution in [1.82, 2.24) is 14.7 Å². The van der Waals surface area contributed by atoms with E-state index in [4.69, 9.17) is 14.6 Å². The lowest BCUT2D eigenvalue weighted by atomic mass is 10.0. The van der Waals surface area contributed by atoms with Crippen molar-refractivity contribution in [2.75, 3.05) is 20.2 Å². The molecule has 2 aromatic carbocycles. The van der Waals surface area contributed by atoms with Crippen molar-refractivity contribution in [1.29, 1.82) is 0 Å². The maximum Gasteiger partial charge on any atom is 0.222 e. The van der Waals surface area contributed by atoms with Crippen LogP contribution in [0, 0.1) is 5.92 Å². The van der Waals surface area contributed by atoms with Gasteiger partial charge in [-0.25, -0.2) is 4.68 Å². The zero-order chi connectivity index (χ0) is 23.1. The van der Waals surface area contributed by atoms with Crippen LogP contribution in [0.3, 0.4) is 0 Å². The highest BCUT2D eigenvalue weighted by molar-refractivity contribution is 5.65. The fourth-order valence-electron chi connectivity index (χ4n) is 3.71. The number of aliphatic hydroxyl groups is 1. The van der Waals surface area contributed by atoms with Crippen molar-refractivity contribution in [3.63, 3.8) is 0 Å². The van der Waals surface area contributed by atoms with E-state index in [1.54, 1.807) is 11.8 Å². The predicted octanol–water partition coefficient (Wildman–Crippen LogP) is 5.12. The summed E-state index contributed by atoms with van der Waals surface area (Å²) in [6, 6.07) is 17.8. The Balaban J connectivity index is 2.04. The van der Waals surface area contributed by atoms with Gasteiger partial charge in [0, 0.05) is 25.7 Å². The summed E-state index contributed by atoms with van der Waals surface area (Å²) in [6.45, 7) is 8.35. The molecule has 6 heteroatoms. The lowest BCUT2D eigenvalue weighted by molar-refractivity contribution is 0.0729. The smallest absolute Gasteiger partial charge is 0.222 e. The second kappa shape index (κ2) is 11.2. The van der Waals surface area contributed by atoms with E-state index in [1.165, 1.54) is 0 Å². The van der Waals surface area contributed by atoms with Gasteiger partial charge in [0.1, 0.15) is 5.69 Å². The molecule has 3 rings (SSSR count). The van der Waals surface area contributed by atoms with Crippen LogP contribution in [-0.4, -0.2) is 46.1 Å². The molecule has 0 aliphatic carbocycles. The second-order valence-electron chi connectivity index (χ2n) is 8.42. The fourth-order valence-corrected chi connectivity index (χ4v) is 3.71. The van der Waals surface area contributed by atoms with Gasteiger partial charge in [-0.1, -0.05) is 63.2 Å². The van der Waals surface area contributed by atoms with Gasteiger partial charge in [0.2, 0.25) is 5.88 Å². The van der Waals surface area contributed by atoms with Crippen LogP contribution in [0.25, 0.3) is 11.3 Å². The van der Waals surface area contributed by atoms with E-state index < -0.39 is 6.10 Å². The maximum atomic E-state index is 10.6. The van der Waals surface area contributed by atoms with Gasteiger partial charge in [0.15, 0.2) is 11.5 Å². The van der Waals surface area contributed by atoms with E-state index in [2.05, 4.69) is 24.0 Å². The van der Waals surface area contributed by atoms with Crippen LogP contribution in [0.2, 0.25) is 0 Å². The van der Waals surface area contributed by atoms with Crippen LogP contribution in [0.15, 0.2) is 54.6 Å². The Morgan fingerprint density at radius 1 is 1.03 bits per heavy atom. The number of hydrogen-bond donors (Lipinski definition) is 1. The Morgan fingerprint density at radius 3 is 2.31 bits per heavy atom. The van der Waals surface area contributed by atoms with Crippen LogP contribution in [0.1, 0.15) is 32.8 Å². The number of nitrogens with zero attached hydrogens (tertiary/aromatic N) is 3. The summed E-state index contributed by atoms with van der Waals surface area (Å²) in [7, 11) is 3.53. The Hall–Kier alpha value is -2.83. The van der Waals surface area contributed by atoms with Crippen LogP contribution in [-0.2, 0) is 13.6 Å². The first kappa shape index (κ1) is 23.8. The Morgan fingerprint density at radius 2 is 1.69 bits per heavy atom. The minimum atomic E-state index is -0.392. The first-order chi connectivity index (χ1) is 15.4. The highest BCUT2D eigenvalue weighted by Gasteiger charge is 2.24. The van der Waals surface area contributed by atoms with Crippen LogP contribution < -0.4 is 9.47 Å². The van der Waals surface area contributed by atoms with Crippen molar-refractivity contribution < 1.29 is 14.6 Å². The molecule has 0 saturated heterocycles. The normalized spacial score (nSPS) is 12.4. The highest BCUT2D eigenvalue weighted by Crippen LogP contribution is 2.37. The minimum absolute atomic E-state index is 0.196. The molecular formula is C26H35N3O3. The van der Waals surface area contributed by atoms with Gasteiger partial charge in [-0.05, 0) is 31.0 Å². The molecular weight excluding hydrogens is 402 g/mol. The minimum Gasteiger partial charge on any atom is -0.493 e. The summed E-state index contributed by atoms with van der Waals surface area (Å²) in [5, 5.41) is 15.4. The fraction of sp³-hybridized carbons (Fsp3) is 0.423.